The largest absolute Gasteiger partial charge is 0.496 e. The van der Waals surface area contributed by atoms with Crippen molar-refractivity contribution in [2.24, 2.45) is 0 Å². The summed E-state index contributed by atoms with van der Waals surface area (Å²) in [5.41, 5.74) is 5.36. The van der Waals surface area contributed by atoms with E-state index in [-0.39, 0.29) is 0 Å². The zero-order valence-corrected chi connectivity index (χ0v) is 21.3. The lowest BCUT2D eigenvalue weighted by Crippen LogP contribution is -2.30. The summed E-state index contributed by atoms with van der Waals surface area (Å²) in [7, 11) is 1.59. The number of amides is 1. The van der Waals surface area contributed by atoms with Crippen molar-refractivity contribution in [3.05, 3.63) is 83.2 Å². The van der Waals surface area contributed by atoms with Gasteiger partial charge in [0, 0.05) is 16.5 Å². The van der Waals surface area contributed by atoms with Gasteiger partial charge in [-0.2, -0.15) is 0 Å². The molecule has 1 atom stereocenters. The highest BCUT2D eigenvalue weighted by atomic mass is 32.1. The van der Waals surface area contributed by atoms with E-state index in [1.165, 1.54) is 18.3 Å². The van der Waals surface area contributed by atoms with Gasteiger partial charge in [0.1, 0.15) is 11.6 Å². The highest BCUT2D eigenvalue weighted by molar-refractivity contribution is 7.14. The molecule has 0 aliphatic rings. The first-order valence-corrected chi connectivity index (χ1v) is 12.5. The van der Waals surface area contributed by atoms with Crippen LogP contribution in [0.2, 0.25) is 0 Å². The number of nitrogens with zero attached hydrogens (tertiary/aromatic N) is 2. The lowest BCUT2D eigenvalue weighted by Gasteiger charge is -2.12. The Balaban J connectivity index is 1.25. The van der Waals surface area contributed by atoms with Gasteiger partial charge in [-0.1, -0.05) is 42.0 Å². The number of aromatic amines is 1. The Morgan fingerprint density at radius 2 is 1.81 bits per heavy atom. The van der Waals surface area contributed by atoms with Gasteiger partial charge in [0.05, 0.1) is 29.4 Å². The van der Waals surface area contributed by atoms with Gasteiger partial charge in [-0.15, -0.1) is 11.3 Å². The van der Waals surface area contributed by atoms with Crippen LogP contribution >= 0.6 is 11.3 Å². The molecule has 0 saturated carbocycles. The summed E-state index contributed by atoms with van der Waals surface area (Å²) < 4.78 is 10.8. The number of carbonyl (C=O) groups excluding carboxylic acids is 2. The van der Waals surface area contributed by atoms with Crippen molar-refractivity contribution in [3.8, 4) is 28.4 Å². The highest BCUT2D eigenvalue weighted by Gasteiger charge is 2.21. The summed E-state index contributed by atoms with van der Waals surface area (Å²) in [6, 6.07) is 20.6. The minimum atomic E-state index is -1.02. The number of hydrogen-bond donors (Lipinski definition) is 2. The number of thiazole rings is 1. The van der Waals surface area contributed by atoms with Crippen LogP contribution in [0.25, 0.3) is 33.7 Å². The molecule has 1 amide bonds. The first kappa shape index (κ1) is 24.2. The summed E-state index contributed by atoms with van der Waals surface area (Å²) in [5.74, 6) is 0.320. The van der Waals surface area contributed by atoms with Crippen LogP contribution in [0.5, 0.6) is 5.75 Å². The molecule has 37 heavy (non-hydrogen) atoms. The Bertz CT molecular complexity index is 1590. The van der Waals surface area contributed by atoms with Crippen LogP contribution < -0.4 is 10.1 Å². The predicted molar refractivity (Wildman–Crippen MR) is 144 cm³/mol. The van der Waals surface area contributed by atoms with E-state index >= 15 is 0 Å². The van der Waals surface area contributed by atoms with Crippen LogP contribution in [0.15, 0.2) is 72.1 Å². The number of nitrogens with one attached hydrogen (secondary N) is 2. The molecule has 2 N–H and O–H groups in total. The van der Waals surface area contributed by atoms with E-state index in [1.807, 2.05) is 60.8 Å². The van der Waals surface area contributed by atoms with Gasteiger partial charge in [-0.25, -0.2) is 14.8 Å². The summed E-state index contributed by atoms with van der Waals surface area (Å²) in [6.45, 7) is 3.55. The second kappa shape index (κ2) is 10.2. The first-order chi connectivity index (χ1) is 17.9. The van der Waals surface area contributed by atoms with Crippen LogP contribution in [-0.4, -0.2) is 40.0 Å². The van der Waals surface area contributed by atoms with Gasteiger partial charge in [-0.3, -0.25) is 10.1 Å². The average molecular weight is 513 g/mol. The molecule has 5 rings (SSSR count). The molecule has 9 heteroatoms. The quantitative estimate of drug-likeness (QED) is 0.265. The number of H-pyrrole nitrogens is 1. The van der Waals surface area contributed by atoms with E-state index < -0.39 is 18.0 Å². The van der Waals surface area contributed by atoms with Gasteiger partial charge < -0.3 is 14.5 Å². The molecule has 0 aliphatic heterocycles. The molecule has 0 spiro atoms. The molecule has 1 unspecified atom stereocenters. The zero-order chi connectivity index (χ0) is 25.9. The molecule has 0 saturated heterocycles. The van der Waals surface area contributed by atoms with E-state index in [4.69, 9.17) is 9.47 Å². The van der Waals surface area contributed by atoms with E-state index in [9.17, 15) is 9.59 Å². The van der Waals surface area contributed by atoms with Gasteiger partial charge in [0.15, 0.2) is 11.2 Å². The molecule has 0 bridgehead atoms. The normalized spacial score (nSPS) is 11.8. The molecule has 186 valence electrons. The van der Waals surface area contributed by atoms with E-state index in [2.05, 4.69) is 20.3 Å². The topological polar surface area (TPSA) is 106 Å². The standard InChI is InChI=1S/C28H24N4O4S/c1-16-8-10-18(11-9-16)25-29-21-13-12-19(14-22(21)30-25)27(34)36-17(2)26(33)32-28-31-23(15-37-28)20-6-4-5-7-24(20)35-3/h4-15,17H,1-3H3,(H,29,30)(H,31,32,33). The Labute approximate surface area is 217 Å². The van der Waals surface area contributed by atoms with Crippen LogP contribution in [-0.2, 0) is 9.53 Å². The number of aromatic nitrogens is 3. The third-order valence-corrected chi connectivity index (χ3v) is 6.57. The number of ether oxygens (including phenoxy) is 2. The molecular formula is C28H24N4O4S. The second-order valence-corrected chi connectivity index (χ2v) is 9.32. The van der Waals surface area contributed by atoms with Crippen LogP contribution in [0.3, 0.4) is 0 Å². The maximum absolute atomic E-state index is 12.8. The number of methoxy groups -OCH3 is 1. The summed E-state index contributed by atoms with van der Waals surface area (Å²) in [5, 5.41) is 4.94. The van der Waals surface area contributed by atoms with Crippen molar-refractivity contribution >= 4 is 39.4 Å². The number of fused-ring (bicyclic) bond motifs is 1. The number of imidazole rings is 1. The Hall–Kier alpha value is -4.50. The van der Waals surface area contributed by atoms with Crippen molar-refractivity contribution in [2.75, 3.05) is 12.4 Å². The third kappa shape index (κ3) is 5.22. The monoisotopic (exact) mass is 512 g/mol. The van der Waals surface area contributed by atoms with Gasteiger partial charge in [-0.05, 0) is 44.2 Å². The zero-order valence-electron chi connectivity index (χ0n) is 20.4. The number of esters is 1. The van der Waals surface area contributed by atoms with Crippen molar-refractivity contribution in [2.45, 2.75) is 20.0 Å². The molecule has 0 fully saturated rings. The van der Waals surface area contributed by atoms with E-state index in [1.54, 1.807) is 25.3 Å². The molecule has 2 aromatic heterocycles. The fourth-order valence-electron chi connectivity index (χ4n) is 3.78. The van der Waals surface area contributed by atoms with Crippen molar-refractivity contribution in [3.63, 3.8) is 0 Å². The molecule has 0 radical (unpaired) electrons. The van der Waals surface area contributed by atoms with Crippen molar-refractivity contribution < 1.29 is 19.1 Å². The van der Waals surface area contributed by atoms with Crippen LogP contribution in [0, 0.1) is 6.92 Å². The van der Waals surface area contributed by atoms with Gasteiger partial charge in [0.25, 0.3) is 5.91 Å². The number of carbonyl (C=O) groups is 2. The van der Waals surface area contributed by atoms with Gasteiger partial charge in [0.2, 0.25) is 0 Å². The fraction of sp³-hybridized carbons (Fsp3) is 0.143. The minimum Gasteiger partial charge on any atom is -0.496 e. The number of hydrogen-bond acceptors (Lipinski definition) is 7. The van der Waals surface area contributed by atoms with Gasteiger partial charge >= 0.3 is 5.97 Å². The number of benzene rings is 3. The van der Waals surface area contributed by atoms with Crippen LogP contribution in [0.1, 0.15) is 22.8 Å². The summed E-state index contributed by atoms with van der Waals surface area (Å²) in [4.78, 5) is 37.8. The molecule has 3 aromatic carbocycles. The number of aryl methyl sites for hydroxylation is 1. The maximum Gasteiger partial charge on any atom is 0.338 e. The van der Waals surface area contributed by atoms with Crippen molar-refractivity contribution in [1.29, 1.82) is 0 Å². The number of para-hydroxylation sites is 1. The molecule has 8 nitrogen and oxygen atoms in total. The Morgan fingerprint density at radius 1 is 1.03 bits per heavy atom. The van der Waals surface area contributed by atoms with E-state index in [0.717, 1.165) is 22.2 Å². The molecule has 5 aromatic rings. The Kier molecular flexibility index (Phi) is 6.70. The number of anilines is 1. The number of rotatable bonds is 7. The fourth-order valence-corrected chi connectivity index (χ4v) is 4.50. The first-order valence-electron chi connectivity index (χ1n) is 11.6. The van der Waals surface area contributed by atoms with Crippen LogP contribution in [0.4, 0.5) is 5.13 Å². The minimum absolute atomic E-state index is 0.318. The third-order valence-electron chi connectivity index (χ3n) is 5.81. The summed E-state index contributed by atoms with van der Waals surface area (Å²) in [6.07, 6.45) is -1.02. The smallest absolute Gasteiger partial charge is 0.338 e. The summed E-state index contributed by atoms with van der Waals surface area (Å²) >= 11 is 1.28. The lowest BCUT2D eigenvalue weighted by molar-refractivity contribution is -0.123. The lowest BCUT2D eigenvalue weighted by atomic mass is 10.1. The maximum atomic E-state index is 12.8. The molecule has 2 heterocycles. The Morgan fingerprint density at radius 3 is 2.59 bits per heavy atom. The van der Waals surface area contributed by atoms with E-state index in [0.29, 0.717) is 33.5 Å². The predicted octanol–water partition coefficient (Wildman–Crippen LogP) is 5.85. The SMILES string of the molecule is COc1ccccc1-c1csc(NC(=O)C(C)OC(=O)c2ccc3nc(-c4ccc(C)cc4)[nH]c3c2)n1. The second-order valence-electron chi connectivity index (χ2n) is 8.46. The average Bonchev–Trinajstić information content (AvgIpc) is 3.55. The highest BCUT2D eigenvalue weighted by Crippen LogP contribution is 2.32. The molecular weight excluding hydrogens is 488 g/mol. The molecule has 0 aliphatic carbocycles. The van der Waals surface area contributed by atoms with Crippen molar-refractivity contribution in [1.82, 2.24) is 15.0 Å².